The minimum absolute atomic E-state index is 0.108. The van der Waals surface area contributed by atoms with Gasteiger partial charge in [-0.05, 0) is 44.2 Å². The standard InChI is InChI=1S/C25H27N7O2/c1-16(2)30-9-11-31(12-10-30)18-5-3-17(4-6-18)29-23-24-26-7-8-32(24)20(14-27-23)21-13-19-22(34-21)15-28-25(19)33/h3-8,13-14,16H,9-12,15H2,1-2H3,(H,27,29)(H,28,33). The van der Waals surface area contributed by atoms with Crippen molar-refractivity contribution in [2.45, 2.75) is 26.4 Å². The summed E-state index contributed by atoms with van der Waals surface area (Å²) in [4.78, 5) is 26.0. The van der Waals surface area contributed by atoms with E-state index in [1.807, 2.05) is 10.6 Å². The number of nitrogens with one attached hydrogen (secondary N) is 2. The Labute approximate surface area is 197 Å². The van der Waals surface area contributed by atoms with Crippen LogP contribution >= 0.6 is 0 Å². The predicted octanol–water partition coefficient (Wildman–Crippen LogP) is 3.51. The molecule has 1 amide bonds. The zero-order valence-corrected chi connectivity index (χ0v) is 19.3. The third-order valence-electron chi connectivity index (χ3n) is 6.68. The molecule has 0 aliphatic carbocycles. The first-order valence-corrected chi connectivity index (χ1v) is 11.7. The molecule has 0 bridgehead atoms. The van der Waals surface area contributed by atoms with E-state index in [2.05, 4.69) is 68.5 Å². The van der Waals surface area contributed by atoms with Crippen molar-refractivity contribution < 1.29 is 9.21 Å². The molecule has 1 saturated heterocycles. The van der Waals surface area contributed by atoms with Gasteiger partial charge in [-0.25, -0.2) is 9.97 Å². The maximum Gasteiger partial charge on any atom is 0.255 e. The van der Waals surface area contributed by atoms with Crippen molar-refractivity contribution in [1.82, 2.24) is 24.6 Å². The van der Waals surface area contributed by atoms with E-state index in [0.717, 1.165) is 37.6 Å². The second-order valence-electron chi connectivity index (χ2n) is 9.03. The van der Waals surface area contributed by atoms with Crippen LogP contribution in [0.15, 0.2) is 53.3 Å². The molecule has 34 heavy (non-hydrogen) atoms. The average molecular weight is 458 g/mol. The number of benzene rings is 1. The number of anilines is 3. The second-order valence-corrected chi connectivity index (χ2v) is 9.03. The summed E-state index contributed by atoms with van der Waals surface area (Å²) in [7, 11) is 0. The lowest BCUT2D eigenvalue weighted by atomic mass is 10.2. The van der Waals surface area contributed by atoms with Gasteiger partial charge in [-0.1, -0.05) is 0 Å². The van der Waals surface area contributed by atoms with Gasteiger partial charge in [0.1, 0.15) is 11.5 Å². The Kier molecular flexibility index (Phi) is 4.99. The molecule has 4 aromatic rings. The number of amides is 1. The normalized spacial score (nSPS) is 16.3. The fourth-order valence-corrected chi connectivity index (χ4v) is 4.71. The van der Waals surface area contributed by atoms with Gasteiger partial charge in [-0.3, -0.25) is 14.1 Å². The highest BCUT2D eigenvalue weighted by Gasteiger charge is 2.26. The summed E-state index contributed by atoms with van der Waals surface area (Å²) in [6, 6.07) is 10.8. The van der Waals surface area contributed by atoms with Crippen molar-refractivity contribution >= 4 is 28.7 Å². The van der Waals surface area contributed by atoms with E-state index in [0.29, 0.717) is 41.1 Å². The van der Waals surface area contributed by atoms with Crippen LogP contribution in [0.5, 0.6) is 0 Å². The number of furan rings is 1. The van der Waals surface area contributed by atoms with Crippen molar-refractivity contribution in [3.63, 3.8) is 0 Å². The molecule has 6 rings (SSSR count). The number of aromatic nitrogens is 3. The number of piperazine rings is 1. The van der Waals surface area contributed by atoms with Gasteiger partial charge in [0.2, 0.25) is 0 Å². The summed E-state index contributed by atoms with van der Waals surface area (Å²) in [6.07, 6.45) is 5.34. The monoisotopic (exact) mass is 457 g/mol. The van der Waals surface area contributed by atoms with Gasteiger partial charge in [-0.15, -0.1) is 0 Å². The smallest absolute Gasteiger partial charge is 0.255 e. The molecule has 9 heteroatoms. The number of imidazole rings is 1. The average Bonchev–Trinajstić information content (AvgIpc) is 3.58. The number of carbonyl (C=O) groups excluding carboxylic acids is 1. The topological polar surface area (TPSA) is 90.9 Å². The van der Waals surface area contributed by atoms with Crippen LogP contribution in [0.2, 0.25) is 0 Å². The number of carbonyl (C=O) groups is 1. The summed E-state index contributed by atoms with van der Waals surface area (Å²) in [5.74, 6) is 1.80. The van der Waals surface area contributed by atoms with Gasteiger partial charge in [0, 0.05) is 56.0 Å². The summed E-state index contributed by atoms with van der Waals surface area (Å²) in [5.41, 5.74) is 4.20. The molecule has 1 fully saturated rings. The summed E-state index contributed by atoms with van der Waals surface area (Å²) in [5, 5.41) is 6.15. The molecule has 0 radical (unpaired) electrons. The quantitative estimate of drug-likeness (QED) is 0.474. The van der Waals surface area contributed by atoms with E-state index in [1.54, 1.807) is 18.5 Å². The van der Waals surface area contributed by atoms with Crippen LogP contribution in [0, 0.1) is 0 Å². The van der Waals surface area contributed by atoms with E-state index in [-0.39, 0.29) is 5.91 Å². The van der Waals surface area contributed by atoms with Crippen molar-refractivity contribution in [2.24, 2.45) is 0 Å². The minimum Gasteiger partial charge on any atom is -0.457 e. The largest absolute Gasteiger partial charge is 0.457 e. The highest BCUT2D eigenvalue weighted by atomic mass is 16.3. The molecule has 0 saturated carbocycles. The molecule has 5 heterocycles. The second kappa shape index (κ2) is 8.18. The Bertz CT molecular complexity index is 1350. The number of hydrogen-bond acceptors (Lipinski definition) is 7. The fraction of sp³-hybridized carbons (Fsp3) is 0.320. The minimum atomic E-state index is -0.108. The maximum absolute atomic E-state index is 11.9. The lowest BCUT2D eigenvalue weighted by Crippen LogP contribution is -2.48. The maximum atomic E-state index is 11.9. The van der Waals surface area contributed by atoms with Crippen molar-refractivity contribution in [2.75, 3.05) is 36.4 Å². The van der Waals surface area contributed by atoms with Crippen molar-refractivity contribution in [3.8, 4) is 11.5 Å². The molecule has 2 aliphatic heterocycles. The van der Waals surface area contributed by atoms with E-state index < -0.39 is 0 Å². The SMILES string of the molecule is CC(C)N1CCN(c2ccc(Nc3ncc(-c4cc5c(o4)CNC5=O)n4ccnc34)cc2)CC1. The highest BCUT2D eigenvalue weighted by molar-refractivity contribution is 5.98. The van der Waals surface area contributed by atoms with Crippen LogP contribution in [-0.2, 0) is 6.54 Å². The highest BCUT2D eigenvalue weighted by Crippen LogP contribution is 2.30. The van der Waals surface area contributed by atoms with Gasteiger partial charge < -0.3 is 20.0 Å². The Morgan fingerprint density at radius 1 is 1.09 bits per heavy atom. The lowest BCUT2D eigenvalue weighted by molar-refractivity contribution is 0.0965. The molecule has 9 nitrogen and oxygen atoms in total. The third-order valence-corrected chi connectivity index (χ3v) is 6.68. The van der Waals surface area contributed by atoms with E-state index in [9.17, 15) is 4.79 Å². The summed E-state index contributed by atoms with van der Waals surface area (Å²) < 4.78 is 7.83. The Hall–Kier alpha value is -3.85. The van der Waals surface area contributed by atoms with Crippen molar-refractivity contribution in [3.05, 3.63) is 60.2 Å². The van der Waals surface area contributed by atoms with Gasteiger partial charge >= 0.3 is 0 Å². The third kappa shape index (κ3) is 3.58. The molecule has 0 atom stereocenters. The first-order chi connectivity index (χ1) is 16.6. The van der Waals surface area contributed by atoms with Crippen LogP contribution in [0.4, 0.5) is 17.2 Å². The number of nitrogens with zero attached hydrogens (tertiary/aromatic N) is 5. The Morgan fingerprint density at radius 2 is 1.88 bits per heavy atom. The molecule has 3 aromatic heterocycles. The van der Waals surface area contributed by atoms with Crippen LogP contribution in [-0.4, -0.2) is 57.4 Å². The van der Waals surface area contributed by atoms with Crippen LogP contribution in [0.25, 0.3) is 17.1 Å². The summed E-state index contributed by atoms with van der Waals surface area (Å²) in [6.45, 7) is 9.20. The molecule has 174 valence electrons. The Balaban J connectivity index is 1.21. The van der Waals surface area contributed by atoms with E-state index >= 15 is 0 Å². The predicted molar refractivity (Wildman–Crippen MR) is 131 cm³/mol. The van der Waals surface area contributed by atoms with E-state index in [1.165, 1.54) is 5.69 Å². The zero-order chi connectivity index (χ0) is 23.2. The first kappa shape index (κ1) is 20.7. The first-order valence-electron chi connectivity index (χ1n) is 11.7. The Morgan fingerprint density at radius 3 is 2.62 bits per heavy atom. The molecular formula is C25H27N7O2. The molecular weight excluding hydrogens is 430 g/mol. The number of fused-ring (bicyclic) bond motifs is 2. The zero-order valence-electron chi connectivity index (χ0n) is 19.3. The molecule has 2 N–H and O–H groups in total. The number of rotatable bonds is 5. The van der Waals surface area contributed by atoms with Gasteiger partial charge in [0.05, 0.1) is 18.3 Å². The number of hydrogen-bond donors (Lipinski definition) is 2. The molecule has 0 spiro atoms. The van der Waals surface area contributed by atoms with E-state index in [4.69, 9.17) is 4.42 Å². The molecule has 1 aromatic carbocycles. The van der Waals surface area contributed by atoms with Crippen LogP contribution in [0.3, 0.4) is 0 Å². The van der Waals surface area contributed by atoms with Crippen LogP contribution < -0.4 is 15.5 Å². The van der Waals surface area contributed by atoms with Gasteiger partial charge in [0.25, 0.3) is 5.91 Å². The summed E-state index contributed by atoms with van der Waals surface area (Å²) >= 11 is 0. The lowest BCUT2D eigenvalue weighted by Gasteiger charge is -2.38. The van der Waals surface area contributed by atoms with Gasteiger partial charge in [0.15, 0.2) is 17.2 Å². The van der Waals surface area contributed by atoms with Gasteiger partial charge in [-0.2, -0.15) is 0 Å². The molecule has 0 unspecified atom stereocenters. The van der Waals surface area contributed by atoms with Crippen molar-refractivity contribution in [1.29, 1.82) is 0 Å². The molecule has 2 aliphatic rings. The van der Waals surface area contributed by atoms with Crippen LogP contribution in [0.1, 0.15) is 30.0 Å². The fourth-order valence-electron chi connectivity index (χ4n) is 4.71.